The van der Waals surface area contributed by atoms with Crippen molar-refractivity contribution >= 4 is 22.6 Å². The molecular formula is C24H27F2N5O2. The van der Waals surface area contributed by atoms with Crippen molar-refractivity contribution in [2.75, 3.05) is 18.5 Å². The van der Waals surface area contributed by atoms with Crippen LogP contribution < -0.4 is 5.32 Å². The molecule has 5 rings (SSSR count). The summed E-state index contributed by atoms with van der Waals surface area (Å²) >= 11 is 0. The highest BCUT2D eigenvalue weighted by molar-refractivity contribution is 6.18. The van der Waals surface area contributed by atoms with Crippen molar-refractivity contribution in [2.45, 2.75) is 57.2 Å². The standard InChI is InChI=1S/C24H27F2N5O2/c25-15-3-1-14(2-4-15)11-17-5-6-18(22(26)30-17)21(32)19-12-27-23-20(19)24(29-13-28-23)31-16-7-9-33-10-8-16/h5-6,12-16H,1-4,7-11H2,(H2,27,28,29,31). The number of hydrogen-bond donors (Lipinski definition) is 2. The number of carbonyl (C=O) groups excluding carboxylic acids is 1. The number of aromatic nitrogens is 4. The highest BCUT2D eigenvalue weighted by atomic mass is 19.1. The Morgan fingerprint density at radius 1 is 1.09 bits per heavy atom. The fraction of sp³-hybridized carbons (Fsp3) is 0.500. The maximum absolute atomic E-state index is 14.9. The van der Waals surface area contributed by atoms with E-state index in [9.17, 15) is 13.6 Å². The number of carbonyl (C=O) groups is 1. The molecule has 1 saturated carbocycles. The third-order valence-corrected chi connectivity index (χ3v) is 6.70. The van der Waals surface area contributed by atoms with Gasteiger partial charge in [-0.3, -0.25) is 4.79 Å². The van der Waals surface area contributed by atoms with Crippen LogP contribution in [0, 0.1) is 11.9 Å². The average molecular weight is 456 g/mol. The summed E-state index contributed by atoms with van der Waals surface area (Å²) in [5.41, 5.74) is 1.31. The van der Waals surface area contributed by atoms with E-state index >= 15 is 0 Å². The van der Waals surface area contributed by atoms with Gasteiger partial charge in [0.1, 0.15) is 24.0 Å². The van der Waals surface area contributed by atoms with E-state index in [-0.39, 0.29) is 11.6 Å². The van der Waals surface area contributed by atoms with Crippen LogP contribution in [0.5, 0.6) is 0 Å². The Morgan fingerprint density at radius 2 is 1.88 bits per heavy atom. The molecule has 0 radical (unpaired) electrons. The predicted octanol–water partition coefficient (Wildman–Crippen LogP) is 4.38. The van der Waals surface area contributed by atoms with Gasteiger partial charge in [-0.15, -0.1) is 0 Å². The first kappa shape index (κ1) is 21.9. The molecule has 7 nitrogen and oxygen atoms in total. The molecule has 0 bridgehead atoms. The molecule has 33 heavy (non-hydrogen) atoms. The summed E-state index contributed by atoms with van der Waals surface area (Å²) < 4.78 is 33.7. The van der Waals surface area contributed by atoms with Crippen LogP contribution in [-0.2, 0) is 11.2 Å². The van der Waals surface area contributed by atoms with Crippen molar-refractivity contribution in [1.82, 2.24) is 19.9 Å². The summed E-state index contributed by atoms with van der Waals surface area (Å²) in [6, 6.07) is 3.37. The number of rotatable bonds is 6. The Hall–Kier alpha value is -2.94. The zero-order chi connectivity index (χ0) is 22.8. The van der Waals surface area contributed by atoms with Crippen LogP contribution in [0.3, 0.4) is 0 Å². The largest absolute Gasteiger partial charge is 0.381 e. The molecular weight excluding hydrogens is 428 g/mol. The van der Waals surface area contributed by atoms with Gasteiger partial charge in [0.05, 0.1) is 16.5 Å². The molecule has 0 aromatic carbocycles. The van der Waals surface area contributed by atoms with Gasteiger partial charge in [-0.1, -0.05) is 0 Å². The summed E-state index contributed by atoms with van der Waals surface area (Å²) in [7, 11) is 0. The number of hydrogen-bond acceptors (Lipinski definition) is 6. The van der Waals surface area contributed by atoms with Gasteiger partial charge in [-0.05, 0) is 63.0 Å². The second-order valence-corrected chi connectivity index (χ2v) is 8.97. The molecule has 2 aliphatic rings. The summed E-state index contributed by atoms with van der Waals surface area (Å²) in [5.74, 6) is -0.414. The minimum Gasteiger partial charge on any atom is -0.381 e. The lowest BCUT2D eigenvalue weighted by molar-refractivity contribution is 0.0904. The maximum atomic E-state index is 14.9. The number of pyridine rings is 1. The molecule has 0 unspecified atom stereocenters. The van der Waals surface area contributed by atoms with Crippen molar-refractivity contribution in [2.24, 2.45) is 5.92 Å². The number of alkyl halides is 1. The van der Waals surface area contributed by atoms with Crippen molar-refractivity contribution in [1.29, 1.82) is 0 Å². The van der Waals surface area contributed by atoms with E-state index in [1.54, 1.807) is 12.3 Å². The van der Waals surface area contributed by atoms with Crippen LogP contribution >= 0.6 is 0 Å². The zero-order valence-corrected chi connectivity index (χ0v) is 18.3. The molecule has 1 aliphatic heterocycles. The number of aromatic amines is 1. The highest BCUT2D eigenvalue weighted by Gasteiger charge is 2.25. The van der Waals surface area contributed by atoms with Gasteiger partial charge in [0.25, 0.3) is 0 Å². The summed E-state index contributed by atoms with van der Waals surface area (Å²) in [4.78, 5) is 28.9. The number of ketones is 1. The number of nitrogens with zero attached hydrogens (tertiary/aromatic N) is 3. The Balaban J connectivity index is 1.38. The van der Waals surface area contributed by atoms with Crippen LogP contribution in [0.4, 0.5) is 14.6 Å². The third-order valence-electron chi connectivity index (χ3n) is 6.70. The normalized spacial score (nSPS) is 21.9. The first-order valence-corrected chi connectivity index (χ1v) is 11.6. The molecule has 0 amide bonds. The van der Waals surface area contributed by atoms with E-state index in [4.69, 9.17) is 4.74 Å². The van der Waals surface area contributed by atoms with Gasteiger partial charge in [0.15, 0.2) is 5.78 Å². The second kappa shape index (κ2) is 9.51. The monoisotopic (exact) mass is 455 g/mol. The van der Waals surface area contributed by atoms with E-state index in [2.05, 4.69) is 25.3 Å². The van der Waals surface area contributed by atoms with E-state index < -0.39 is 17.9 Å². The number of nitrogens with one attached hydrogen (secondary N) is 2. The SMILES string of the molecule is O=C(c1ccc(CC2CCC(F)CC2)nc1F)c1c[nH]c2ncnc(NC3CCOCC3)c12. The second-order valence-electron chi connectivity index (χ2n) is 8.97. The van der Waals surface area contributed by atoms with Crippen molar-refractivity contribution in [3.8, 4) is 0 Å². The van der Waals surface area contributed by atoms with Crippen LogP contribution in [0.2, 0.25) is 0 Å². The molecule has 3 aromatic heterocycles. The number of halogens is 2. The molecule has 2 fully saturated rings. The highest BCUT2D eigenvalue weighted by Crippen LogP contribution is 2.30. The first-order valence-electron chi connectivity index (χ1n) is 11.6. The number of fused-ring (bicyclic) bond motifs is 1. The van der Waals surface area contributed by atoms with Gasteiger partial charge in [0.2, 0.25) is 5.95 Å². The smallest absolute Gasteiger partial charge is 0.224 e. The Morgan fingerprint density at radius 3 is 2.64 bits per heavy atom. The third kappa shape index (κ3) is 4.73. The molecule has 0 spiro atoms. The summed E-state index contributed by atoms with van der Waals surface area (Å²) in [6.45, 7) is 1.34. The Labute approximate surface area is 190 Å². The quantitative estimate of drug-likeness (QED) is 0.423. The lowest BCUT2D eigenvalue weighted by Crippen LogP contribution is -2.28. The van der Waals surface area contributed by atoms with Gasteiger partial charge in [0, 0.05) is 31.1 Å². The lowest BCUT2D eigenvalue weighted by Gasteiger charge is -2.24. The minimum atomic E-state index is -0.790. The maximum Gasteiger partial charge on any atom is 0.224 e. The number of H-pyrrole nitrogens is 1. The minimum absolute atomic E-state index is 0.0898. The van der Waals surface area contributed by atoms with E-state index in [1.165, 1.54) is 12.4 Å². The van der Waals surface area contributed by atoms with Crippen molar-refractivity contribution in [3.05, 3.63) is 47.4 Å². The lowest BCUT2D eigenvalue weighted by atomic mass is 9.85. The summed E-state index contributed by atoms with van der Waals surface area (Å²) in [5, 5.41) is 3.93. The van der Waals surface area contributed by atoms with E-state index in [1.807, 2.05) is 0 Å². The Bertz CT molecular complexity index is 1140. The molecule has 9 heteroatoms. The van der Waals surface area contributed by atoms with Gasteiger partial charge in [-0.2, -0.15) is 4.39 Å². The van der Waals surface area contributed by atoms with E-state index in [0.717, 1.165) is 25.7 Å². The number of ether oxygens (including phenoxy) is 1. The average Bonchev–Trinajstić information content (AvgIpc) is 3.26. The Kier molecular flexibility index (Phi) is 6.30. The molecule has 0 atom stereocenters. The summed E-state index contributed by atoms with van der Waals surface area (Å²) in [6.07, 6.45) is 7.19. The van der Waals surface area contributed by atoms with E-state index in [0.29, 0.717) is 66.5 Å². The molecule has 174 valence electrons. The fourth-order valence-corrected chi connectivity index (χ4v) is 4.81. The molecule has 1 aliphatic carbocycles. The van der Waals surface area contributed by atoms with Crippen molar-refractivity contribution in [3.63, 3.8) is 0 Å². The molecule has 1 saturated heterocycles. The number of anilines is 1. The molecule has 2 N–H and O–H groups in total. The molecule has 4 heterocycles. The van der Waals surface area contributed by atoms with Gasteiger partial charge in [-0.25, -0.2) is 19.3 Å². The fourth-order valence-electron chi connectivity index (χ4n) is 4.81. The van der Waals surface area contributed by atoms with Crippen LogP contribution in [-0.4, -0.2) is 51.1 Å². The molecule has 3 aromatic rings. The predicted molar refractivity (Wildman–Crippen MR) is 120 cm³/mol. The first-order chi connectivity index (χ1) is 16.1. The zero-order valence-electron chi connectivity index (χ0n) is 18.3. The van der Waals surface area contributed by atoms with Crippen LogP contribution in [0.1, 0.15) is 60.1 Å². The van der Waals surface area contributed by atoms with Gasteiger partial charge < -0.3 is 15.0 Å². The van der Waals surface area contributed by atoms with Crippen LogP contribution in [0.25, 0.3) is 11.0 Å². The van der Waals surface area contributed by atoms with Gasteiger partial charge >= 0.3 is 0 Å². The van der Waals surface area contributed by atoms with Crippen LogP contribution in [0.15, 0.2) is 24.7 Å². The topological polar surface area (TPSA) is 92.8 Å². The van der Waals surface area contributed by atoms with Crippen molar-refractivity contribution < 1.29 is 18.3 Å².